The Morgan fingerprint density at radius 2 is 1.68 bits per heavy atom. The summed E-state index contributed by atoms with van der Waals surface area (Å²) < 4.78 is 15.7. The van der Waals surface area contributed by atoms with Crippen molar-refractivity contribution in [3.8, 4) is 0 Å². The first kappa shape index (κ1) is 26.5. The molecule has 1 saturated heterocycles. The molecule has 3 heterocycles. The predicted molar refractivity (Wildman–Crippen MR) is 141 cm³/mol. The van der Waals surface area contributed by atoms with E-state index in [2.05, 4.69) is 45.2 Å². The SMILES string of the molecule is Fc1ccc(Cn2c(CC3CCN(CCc4cccs4)CC3)nc3ccccc32)cc1.O=C(O)C(=O)O. The number of carboxylic acid groups (broad SMARTS) is 2. The number of aromatic nitrogens is 2. The van der Waals surface area contributed by atoms with Crippen molar-refractivity contribution in [1.82, 2.24) is 14.5 Å². The average molecular weight is 524 g/mol. The number of likely N-dealkylation sites (tertiary alicyclic amines) is 1. The average Bonchev–Trinajstić information content (AvgIpc) is 3.53. The minimum Gasteiger partial charge on any atom is -0.473 e. The van der Waals surface area contributed by atoms with E-state index in [0.29, 0.717) is 5.92 Å². The molecular formula is C28H30FN3O4S. The van der Waals surface area contributed by atoms with Crippen LogP contribution >= 0.6 is 11.3 Å². The number of fused-ring (bicyclic) bond motifs is 1. The molecule has 2 aromatic carbocycles. The molecule has 4 aromatic rings. The second kappa shape index (κ2) is 12.6. The molecule has 37 heavy (non-hydrogen) atoms. The summed E-state index contributed by atoms with van der Waals surface area (Å²) in [4.78, 5) is 27.3. The molecule has 0 radical (unpaired) electrons. The highest BCUT2D eigenvalue weighted by atomic mass is 32.1. The van der Waals surface area contributed by atoms with E-state index in [0.717, 1.165) is 48.4 Å². The van der Waals surface area contributed by atoms with Gasteiger partial charge in [-0.05, 0) is 79.5 Å². The van der Waals surface area contributed by atoms with Gasteiger partial charge in [0.1, 0.15) is 11.6 Å². The normalized spacial score (nSPS) is 14.3. The van der Waals surface area contributed by atoms with Gasteiger partial charge in [-0.25, -0.2) is 19.0 Å². The summed E-state index contributed by atoms with van der Waals surface area (Å²) >= 11 is 1.86. The highest BCUT2D eigenvalue weighted by Gasteiger charge is 2.22. The van der Waals surface area contributed by atoms with E-state index in [-0.39, 0.29) is 5.82 Å². The molecule has 1 aliphatic heterocycles. The largest absolute Gasteiger partial charge is 0.473 e. The number of nitrogens with zero attached hydrogens (tertiary/aromatic N) is 3. The number of piperidine rings is 1. The van der Waals surface area contributed by atoms with E-state index in [1.165, 1.54) is 30.8 Å². The zero-order chi connectivity index (χ0) is 26.2. The molecule has 194 valence electrons. The second-order valence-electron chi connectivity index (χ2n) is 9.16. The summed E-state index contributed by atoms with van der Waals surface area (Å²) in [6.45, 7) is 4.24. The van der Waals surface area contributed by atoms with Crippen molar-refractivity contribution in [1.29, 1.82) is 0 Å². The lowest BCUT2D eigenvalue weighted by molar-refractivity contribution is -0.159. The summed E-state index contributed by atoms with van der Waals surface area (Å²) in [5.41, 5.74) is 3.32. The maximum absolute atomic E-state index is 13.4. The van der Waals surface area contributed by atoms with E-state index in [9.17, 15) is 4.39 Å². The summed E-state index contributed by atoms with van der Waals surface area (Å²) in [6.07, 6.45) is 4.62. The van der Waals surface area contributed by atoms with Gasteiger partial charge in [0.25, 0.3) is 0 Å². The molecule has 0 spiro atoms. The van der Waals surface area contributed by atoms with Crippen molar-refractivity contribution in [3.05, 3.63) is 88.1 Å². The maximum atomic E-state index is 13.4. The molecule has 0 aliphatic carbocycles. The van der Waals surface area contributed by atoms with Gasteiger partial charge in [-0.1, -0.05) is 30.3 Å². The van der Waals surface area contributed by atoms with Crippen molar-refractivity contribution in [3.63, 3.8) is 0 Å². The maximum Gasteiger partial charge on any atom is 0.414 e. The van der Waals surface area contributed by atoms with Gasteiger partial charge in [0.2, 0.25) is 0 Å². The molecule has 2 N–H and O–H groups in total. The van der Waals surface area contributed by atoms with E-state index in [4.69, 9.17) is 24.8 Å². The van der Waals surface area contributed by atoms with Crippen molar-refractivity contribution in [2.45, 2.75) is 32.2 Å². The van der Waals surface area contributed by atoms with Crippen LogP contribution in [0.3, 0.4) is 0 Å². The Balaban J connectivity index is 0.000000480. The zero-order valence-electron chi connectivity index (χ0n) is 20.4. The molecule has 0 bridgehead atoms. The lowest BCUT2D eigenvalue weighted by Gasteiger charge is -2.31. The lowest BCUT2D eigenvalue weighted by Crippen LogP contribution is -2.35. The third-order valence-corrected chi connectivity index (χ3v) is 7.54. The first-order chi connectivity index (χ1) is 17.9. The number of hydrogen-bond donors (Lipinski definition) is 2. The number of aliphatic carboxylic acids is 2. The van der Waals surface area contributed by atoms with Gasteiger partial charge in [0.05, 0.1) is 11.0 Å². The van der Waals surface area contributed by atoms with Gasteiger partial charge in [-0.3, -0.25) is 0 Å². The Morgan fingerprint density at radius 1 is 0.973 bits per heavy atom. The van der Waals surface area contributed by atoms with Crippen LogP contribution in [0.25, 0.3) is 11.0 Å². The van der Waals surface area contributed by atoms with Gasteiger partial charge in [-0.15, -0.1) is 11.3 Å². The predicted octanol–water partition coefficient (Wildman–Crippen LogP) is 4.94. The third kappa shape index (κ3) is 7.47. The van der Waals surface area contributed by atoms with Gasteiger partial charge >= 0.3 is 11.9 Å². The molecule has 1 aliphatic rings. The van der Waals surface area contributed by atoms with Crippen LogP contribution in [-0.2, 0) is 29.0 Å². The molecule has 1 fully saturated rings. The summed E-state index contributed by atoms with van der Waals surface area (Å²) in [7, 11) is 0. The van der Waals surface area contributed by atoms with Gasteiger partial charge in [0, 0.05) is 24.4 Å². The molecule has 7 nitrogen and oxygen atoms in total. The topological polar surface area (TPSA) is 95.7 Å². The number of carbonyl (C=O) groups is 2. The van der Waals surface area contributed by atoms with E-state index >= 15 is 0 Å². The second-order valence-corrected chi connectivity index (χ2v) is 10.2. The number of rotatable bonds is 7. The van der Waals surface area contributed by atoms with Crippen LogP contribution in [0.4, 0.5) is 4.39 Å². The quantitative estimate of drug-likeness (QED) is 0.333. The number of para-hydroxylation sites is 2. The van der Waals surface area contributed by atoms with Crippen molar-refractivity contribution >= 4 is 34.3 Å². The molecule has 0 unspecified atom stereocenters. The first-order valence-electron chi connectivity index (χ1n) is 12.3. The number of imidazole rings is 1. The third-order valence-electron chi connectivity index (χ3n) is 6.60. The molecule has 5 rings (SSSR count). The number of benzene rings is 2. The van der Waals surface area contributed by atoms with E-state index in [1.54, 1.807) is 12.1 Å². The molecular weight excluding hydrogens is 493 g/mol. The minimum atomic E-state index is -1.82. The van der Waals surface area contributed by atoms with E-state index in [1.807, 2.05) is 29.5 Å². The Hall–Kier alpha value is -3.56. The van der Waals surface area contributed by atoms with Crippen LogP contribution in [0.5, 0.6) is 0 Å². The monoisotopic (exact) mass is 523 g/mol. The molecule has 0 atom stereocenters. The fourth-order valence-electron chi connectivity index (χ4n) is 4.63. The Kier molecular flexibility index (Phi) is 9.03. The van der Waals surface area contributed by atoms with Gasteiger partial charge in [0.15, 0.2) is 0 Å². The van der Waals surface area contributed by atoms with Crippen molar-refractivity contribution in [2.24, 2.45) is 5.92 Å². The van der Waals surface area contributed by atoms with Gasteiger partial charge in [-0.2, -0.15) is 0 Å². The molecule has 9 heteroatoms. The standard InChI is InChI=1S/C26H28FN3S.C2H2O4/c27-22-9-7-21(8-10-22)19-30-25-6-2-1-5-24(25)28-26(30)18-20-11-14-29(15-12-20)16-13-23-4-3-17-31-23;3-1(4)2(5)6/h1-10,17,20H,11-16,18-19H2;(H,3,4)(H,5,6). The van der Waals surface area contributed by atoms with Crippen LogP contribution in [0.15, 0.2) is 66.0 Å². The number of thiophene rings is 1. The number of halogens is 1. The number of hydrogen-bond acceptors (Lipinski definition) is 5. The summed E-state index contributed by atoms with van der Waals surface area (Å²) in [6, 6.07) is 19.6. The lowest BCUT2D eigenvalue weighted by atomic mass is 9.93. The highest BCUT2D eigenvalue weighted by molar-refractivity contribution is 7.09. The van der Waals surface area contributed by atoms with Crippen molar-refractivity contribution < 1.29 is 24.2 Å². The van der Waals surface area contributed by atoms with Crippen molar-refractivity contribution in [2.75, 3.05) is 19.6 Å². The van der Waals surface area contributed by atoms with Crippen LogP contribution in [0.1, 0.15) is 29.1 Å². The smallest absolute Gasteiger partial charge is 0.414 e. The molecule has 2 aromatic heterocycles. The molecule has 0 saturated carbocycles. The first-order valence-corrected chi connectivity index (χ1v) is 13.2. The van der Waals surface area contributed by atoms with E-state index < -0.39 is 11.9 Å². The Morgan fingerprint density at radius 3 is 2.32 bits per heavy atom. The van der Waals surface area contributed by atoms with Crippen LogP contribution in [0.2, 0.25) is 0 Å². The number of carboxylic acids is 2. The Labute approximate surface area is 218 Å². The van der Waals surface area contributed by atoms with Crippen LogP contribution < -0.4 is 0 Å². The van der Waals surface area contributed by atoms with Crippen LogP contribution in [-0.4, -0.2) is 56.2 Å². The highest BCUT2D eigenvalue weighted by Crippen LogP contribution is 2.25. The Bertz CT molecular complexity index is 1300. The summed E-state index contributed by atoms with van der Waals surface area (Å²) in [5, 5.41) is 16.9. The fourth-order valence-corrected chi connectivity index (χ4v) is 5.32. The summed E-state index contributed by atoms with van der Waals surface area (Å²) in [5.74, 6) is -2.01. The van der Waals surface area contributed by atoms with Crippen LogP contribution in [0, 0.1) is 11.7 Å². The molecule has 0 amide bonds. The van der Waals surface area contributed by atoms with Gasteiger partial charge < -0.3 is 19.7 Å². The fraction of sp³-hybridized carbons (Fsp3) is 0.321. The zero-order valence-corrected chi connectivity index (χ0v) is 21.2. The minimum absolute atomic E-state index is 0.190.